The number of hydrogen-bond acceptors (Lipinski definition) is 6. The van der Waals surface area contributed by atoms with E-state index in [4.69, 9.17) is 0 Å². The van der Waals surface area contributed by atoms with Crippen LogP contribution in [0.5, 0.6) is 0 Å². The van der Waals surface area contributed by atoms with Crippen LogP contribution in [0.4, 0.5) is 0 Å². The number of likely N-dealkylation sites (tertiary alicyclic amines) is 1. The maximum Gasteiger partial charge on any atom is 0.295 e. The van der Waals surface area contributed by atoms with Gasteiger partial charge < -0.3 is 14.9 Å². The maximum absolute atomic E-state index is 13.1. The molecule has 1 atom stereocenters. The van der Waals surface area contributed by atoms with Gasteiger partial charge in [0.2, 0.25) is 0 Å². The van der Waals surface area contributed by atoms with Crippen LogP contribution in [0.3, 0.4) is 0 Å². The summed E-state index contributed by atoms with van der Waals surface area (Å²) in [5.74, 6) is -1.56. The van der Waals surface area contributed by atoms with Crippen molar-refractivity contribution in [2.45, 2.75) is 13.0 Å². The van der Waals surface area contributed by atoms with Gasteiger partial charge >= 0.3 is 0 Å². The summed E-state index contributed by atoms with van der Waals surface area (Å²) in [6.45, 7) is 2.70. The van der Waals surface area contributed by atoms with Crippen molar-refractivity contribution in [1.29, 1.82) is 0 Å². The third-order valence-electron chi connectivity index (χ3n) is 5.26. The Balaban J connectivity index is 1.92. The molecule has 1 N–H and O–H groups in total. The molecule has 0 unspecified atom stereocenters. The number of aromatic nitrogens is 3. The number of ketones is 1. The molecule has 0 aromatic carbocycles. The lowest BCUT2D eigenvalue weighted by Crippen LogP contribution is -2.35. The Morgan fingerprint density at radius 2 is 2.00 bits per heavy atom. The predicted octanol–water partition coefficient (Wildman–Crippen LogP) is 2.02. The summed E-state index contributed by atoms with van der Waals surface area (Å²) >= 11 is 0. The highest BCUT2D eigenvalue weighted by atomic mass is 16.3. The number of pyridine rings is 2. The van der Waals surface area contributed by atoms with Crippen molar-refractivity contribution in [1.82, 2.24) is 24.2 Å². The minimum absolute atomic E-state index is 0.0560. The zero-order valence-corrected chi connectivity index (χ0v) is 17.1. The summed E-state index contributed by atoms with van der Waals surface area (Å²) in [6.07, 6.45) is 5.02. The van der Waals surface area contributed by atoms with E-state index in [1.807, 2.05) is 37.2 Å². The standard InChI is InChI=1S/C22H23N5O3/c1-14-18(26-10-5-4-8-16(26)24-14)20(28)17-19(15-7-6-9-23-13-15)27(12-11-25(2)3)22(30)21(17)29/h4-10,13,19,28H,11-12H2,1-3H3/t19-/m0/s1. The van der Waals surface area contributed by atoms with E-state index in [9.17, 15) is 14.7 Å². The maximum atomic E-state index is 13.1. The molecule has 1 saturated heterocycles. The summed E-state index contributed by atoms with van der Waals surface area (Å²) in [5.41, 5.74) is 2.36. The molecule has 8 nitrogen and oxygen atoms in total. The number of nitrogens with zero attached hydrogens (tertiary/aromatic N) is 5. The molecule has 3 aromatic rings. The lowest BCUT2D eigenvalue weighted by atomic mass is 9.97. The number of carbonyl (C=O) groups excluding carboxylic acids is 2. The highest BCUT2D eigenvalue weighted by Gasteiger charge is 2.46. The van der Waals surface area contributed by atoms with Crippen molar-refractivity contribution < 1.29 is 14.7 Å². The first-order valence-corrected chi connectivity index (χ1v) is 9.67. The molecular weight excluding hydrogens is 382 g/mol. The number of imidazole rings is 1. The van der Waals surface area contributed by atoms with Crippen LogP contribution in [0, 0.1) is 6.92 Å². The Bertz CT molecular complexity index is 1150. The topological polar surface area (TPSA) is 91.0 Å². The molecule has 0 spiro atoms. The van der Waals surface area contributed by atoms with Crippen LogP contribution in [0.1, 0.15) is 23.0 Å². The Hall–Kier alpha value is -3.52. The Morgan fingerprint density at radius 1 is 1.20 bits per heavy atom. The number of hydrogen-bond donors (Lipinski definition) is 1. The Kier molecular flexibility index (Phi) is 5.09. The Morgan fingerprint density at radius 3 is 2.70 bits per heavy atom. The second-order valence-corrected chi connectivity index (χ2v) is 7.56. The van der Waals surface area contributed by atoms with E-state index < -0.39 is 17.7 Å². The molecule has 30 heavy (non-hydrogen) atoms. The van der Waals surface area contributed by atoms with Crippen LogP contribution in [0.15, 0.2) is 54.5 Å². The monoisotopic (exact) mass is 405 g/mol. The van der Waals surface area contributed by atoms with Crippen molar-refractivity contribution in [3.05, 3.63) is 71.4 Å². The second kappa shape index (κ2) is 7.72. The Labute approximate surface area is 174 Å². The van der Waals surface area contributed by atoms with Gasteiger partial charge in [0, 0.05) is 31.7 Å². The number of aliphatic hydroxyl groups excluding tert-OH is 1. The van der Waals surface area contributed by atoms with Crippen LogP contribution in [-0.2, 0) is 9.59 Å². The zero-order valence-electron chi connectivity index (χ0n) is 17.1. The van der Waals surface area contributed by atoms with E-state index in [0.29, 0.717) is 35.7 Å². The first kappa shape index (κ1) is 19.8. The van der Waals surface area contributed by atoms with Gasteiger partial charge in [0.05, 0.1) is 17.3 Å². The molecule has 0 bridgehead atoms. The van der Waals surface area contributed by atoms with E-state index in [-0.39, 0.29) is 11.3 Å². The fourth-order valence-corrected chi connectivity index (χ4v) is 3.83. The summed E-state index contributed by atoms with van der Waals surface area (Å²) in [4.78, 5) is 38.0. The average Bonchev–Trinajstić information content (AvgIpc) is 3.20. The lowest BCUT2D eigenvalue weighted by Gasteiger charge is -2.26. The van der Waals surface area contributed by atoms with Gasteiger partial charge in [-0.25, -0.2) is 4.98 Å². The summed E-state index contributed by atoms with van der Waals surface area (Å²) in [6, 6.07) is 8.33. The molecule has 4 heterocycles. The zero-order chi connectivity index (χ0) is 21.4. The molecule has 1 aliphatic rings. The number of likely N-dealkylation sites (N-methyl/N-ethyl adjacent to an activating group) is 1. The molecule has 0 aliphatic carbocycles. The fourth-order valence-electron chi connectivity index (χ4n) is 3.83. The van der Waals surface area contributed by atoms with Gasteiger partial charge in [-0.05, 0) is 44.8 Å². The quantitative estimate of drug-likeness (QED) is 0.397. The van der Waals surface area contributed by atoms with Crippen molar-refractivity contribution in [2.75, 3.05) is 27.2 Å². The second-order valence-electron chi connectivity index (χ2n) is 7.56. The lowest BCUT2D eigenvalue weighted by molar-refractivity contribution is -0.140. The molecule has 4 rings (SSSR count). The smallest absolute Gasteiger partial charge is 0.295 e. The van der Waals surface area contributed by atoms with Crippen LogP contribution < -0.4 is 0 Å². The number of carbonyl (C=O) groups is 2. The summed E-state index contributed by atoms with van der Waals surface area (Å²) < 4.78 is 1.72. The van der Waals surface area contributed by atoms with Gasteiger partial charge in [0.15, 0.2) is 5.76 Å². The van der Waals surface area contributed by atoms with Crippen LogP contribution in [0.2, 0.25) is 0 Å². The van der Waals surface area contributed by atoms with E-state index >= 15 is 0 Å². The minimum atomic E-state index is -0.715. The van der Waals surface area contributed by atoms with Gasteiger partial charge in [0.25, 0.3) is 11.7 Å². The van der Waals surface area contributed by atoms with Crippen molar-refractivity contribution in [3.63, 3.8) is 0 Å². The molecule has 1 amide bonds. The molecule has 1 fully saturated rings. The first-order valence-electron chi connectivity index (χ1n) is 9.67. The summed E-state index contributed by atoms with van der Waals surface area (Å²) in [7, 11) is 3.80. The van der Waals surface area contributed by atoms with Crippen LogP contribution >= 0.6 is 0 Å². The molecule has 0 saturated carbocycles. The van der Waals surface area contributed by atoms with Crippen molar-refractivity contribution in [2.24, 2.45) is 0 Å². The predicted molar refractivity (Wildman–Crippen MR) is 112 cm³/mol. The first-order chi connectivity index (χ1) is 14.4. The number of Topliss-reactive ketones (excluding diaryl/α,β-unsaturated/α-hetero) is 1. The van der Waals surface area contributed by atoms with Crippen molar-refractivity contribution in [3.8, 4) is 0 Å². The van der Waals surface area contributed by atoms with E-state index in [0.717, 1.165) is 0 Å². The number of aryl methyl sites for hydroxylation is 1. The summed E-state index contributed by atoms with van der Waals surface area (Å²) in [5, 5.41) is 11.3. The largest absolute Gasteiger partial charge is 0.505 e. The highest BCUT2D eigenvalue weighted by molar-refractivity contribution is 6.46. The molecule has 8 heteroatoms. The number of rotatable bonds is 5. The molecule has 0 radical (unpaired) electrons. The van der Waals surface area contributed by atoms with Gasteiger partial charge in [-0.1, -0.05) is 12.1 Å². The number of aliphatic hydroxyl groups is 1. The third-order valence-corrected chi connectivity index (χ3v) is 5.26. The molecule has 1 aliphatic heterocycles. The van der Waals surface area contributed by atoms with Crippen LogP contribution in [-0.4, -0.2) is 68.2 Å². The van der Waals surface area contributed by atoms with E-state index in [1.165, 1.54) is 4.90 Å². The van der Waals surface area contributed by atoms with E-state index in [2.05, 4.69) is 9.97 Å². The normalized spacial score (nSPS) is 18.7. The number of amides is 1. The molecule has 3 aromatic heterocycles. The van der Waals surface area contributed by atoms with Gasteiger partial charge in [-0.15, -0.1) is 0 Å². The highest BCUT2D eigenvalue weighted by Crippen LogP contribution is 2.39. The van der Waals surface area contributed by atoms with Gasteiger partial charge in [-0.2, -0.15) is 0 Å². The van der Waals surface area contributed by atoms with Crippen LogP contribution in [0.25, 0.3) is 11.4 Å². The van der Waals surface area contributed by atoms with E-state index in [1.54, 1.807) is 42.0 Å². The molecule has 154 valence electrons. The van der Waals surface area contributed by atoms with Gasteiger partial charge in [-0.3, -0.25) is 19.0 Å². The fraction of sp³-hybridized carbons (Fsp3) is 0.273. The van der Waals surface area contributed by atoms with Gasteiger partial charge in [0.1, 0.15) is 11.3 Å². The SMILES string of the molecule is Cc1nc2ccccn2c1C(O)=C1C(=O)C(=O)N(CCN(C)C)[C@H]1c1cccnc1. The van der Waals surface area contributed by atoms with Crippen molar-refractivity contribution >= 4 is 23.1 Å². The average molecular weight is 405 g/mol. The molecular formula is C22H23N5O3. The number of fused-ring (bicyclic) bond motifs is 1. The third kappa shape index (κ3) is 3.25. The minimum Gasteiger partial charge on any atom is -0.505 e.